The largest absolute Gasteiger partial charge is 0.490 e. The molecule has 0 spiro atoms. The number of rotatable bonds is 7. The Morgan fingerprint density at radius 1 is 0.727 bits per heavy atom. The molecule has 5 nitrogen and oxygen atoms in total. The highest BCUT2D eigenvalue weighted by Crippen LogP contribution is 2.10. The summed E-state index contributed by atoms with van der Waals surface area (Å²) in [5.41, 5.74) is 0. The number of hydrogen-bond donors (Lipinski definition) is 0. The van der Waals surface area contributed by atoms with Crippen LogP contribution in [-0.4, -0.2) is 25.2 Å². The molecule has 114 valence electrons. The maximum atomic E-state index is 11.5. The molecule has 0 bridgehead atoms. The van der Waals surface area contributed by atoms with Gasteiger partial charge in [-0.1, -0.05) is 36.4 Å². The molecular formula is C17H16O5. The van der Waals surface area contributed by atoms with E-state index >= 15 is 0 Å². The zero-order chi connectivity index (χ0) is 15.6. The Labute approximate surface area is 128 Å². The molecule has 0 aliphatic rings. The van der Waals surface area contributed by atoms with Gasteiger partial charge in [-0.25, -0.2) is 0 Å². The smallest absolute Gasteiger partial charge is 0.322 e. The lowest BCUT2D eigenvalue weighted by molar-refractivity contribution is -0.150. The molecule has 0 aliphatic heterocycles. The first-order valence-corrected chi connectivity index (χ1v) is 6.83. The minimum absolute atomic E-state index is 0.0757. The Morgan fingerprint density at radius 2 is 1.32 bits per heavy atom. The van der Waals surface area contributed by atoms with Crippen LogP contribution in [0.1, 0.15) is 6.42 Å². The lowest BCUT2D eigenvalue weighted by atomic mass is 10.3. The molecule has 2 rings (SSSR count). The number of para-hydroxylation sites is 2. The number of hydrogen-bond acceptors (Lipinski definition) is 5. The number of carbonyl (C=O) groups excluding carboxylic acids is 2. The molecule has 0 saturated carbocycles. The van der Waals surface area contributed by atoms with Crippen molar-refractivity contribution in [1.29, 1.82) is 0 Å². The Bertz CT molecular complexity index is 595. The fourth-order valence-electron chi connectivity index (χ4n) is 1.66. The predicted molar refractivity (Wildman–Crippen MR) is 79.6 cm³/mol. The van der Waals surface area contributed by atoms with Crippen LogP contribution < -0.4 is 9.47 Å². The van der Waals surface area contributed by atoms with E-state index in [1.165, 1.54) is 0 Å². The molecule has 2 aromatic carbocycles. The minimum atomic E-state index is -0.653. The quantitative estimate of drug-likeness (QED) is 0.340. The van der Waals surface area contributed by atoms with Gasteiger partial charge >= 0.3 is 11.9 Å². The molecule has 2 aromatic rings. The second-order valence-corrected chi connectivity index (χ2v) is 4.35. The van der Waals surface area contributed by atoms with Crippen molar-refractivity contribution in [2.75, 3.05) is 13.2 Å². The van der Waals surface area contributed by atoms with E-state index in [4.69, 9.17) is 14.2 Å². The van der Waals surface area contributed by atoms with Crippen LogP contribution in [0.15, 0.2) is 60.7 Å². The molecule has 0 atom stereocenters. The van der Waals surface area contributed by atoms with E-state index in [9.17, 15) is 9.59 Å². The summed E-state index contributed by atoms with van der Waals surface area (Å²) in [5, 5.41) is 0. The second kappa shape index (κ2) is 8.46. The summed E-state index contributed by atoms with van der Waals surface area (Å²) in [7, 11) is 0. The van der Waals surface area contributed by atoms with Crippen LogP contribution >= 0.6 is 0 Å². The third-order valence-electron chi connectivity index (χ3n) is 2.62. The van der Waals surface area contributed by atoms with Gasteiger partial charge < -0.3 is 14.2 Å². The maximum Gasteiger partial charge on any atom is 0.322 e. The molecule has 0 N–H and O–H groups in total. The molecule has 0 aromatic heterocycles. The number of benzene rings is 2. The molecule has 22 heavy (non-hydrogen) atoms. The van der Waals surface area contributed by atoms with Gasteiger partial charge in [0.25, 0.3) is 0 Å². The SMILES string of the molecule is O=C(CC(=O)Oc1ccccc1)OCCOc1ccccc1. The third-order valence-corrected chi connectivity index (χ3v) is 2.62. The van der Waals surface area contributed by atoms with E-state index in [1.54, 1.807) is 42.5 Å². The first kappa shape index (κ1) is 15.6. The zero-order valence-electron chi connectivity index (χ0n) is 11.9. The number of ether oxygens (including phenoxy) is 3. The van der Waals surface area contributed by atoms with Crippen molar-refractivity contribution in [2.45, 2.75) is 6.42 Å². The Hall–Kier alpha value is -2.82. The van der Waals surface area contributed by atoms with Gasteiger partial charge in [-0.2, -0.15) is 0 Å². The molecule has 0 fully saturated rings. The van der Waals surface area contributed by atoms with Crippen LogP contribution in [0.3, 0.4) is 0 Å². The average Bonchev–Trinajstić information content (AvgIpc) is 2.53. The maximum absolute atomic E-state index is 11.5. The van der Waals surface area contributed by atoms with Crippen LogP contribution in [0, 0.1) is 0 Å². The van der Waals surface area contributed by atoms with Crippen LogP contribution in [0.2, 0.25) is 0 Å². The summed E-state index contributed by atoms with van der Waals surface area (Å²) in [5.74, 6) is -0.201. The van der Waals surface area contributed by atoms with Crippen molar-refractivity contribution < 1.29 is 23.8 Å². The van der Waals surface area contributed by atoms with Gasteiger partial charge in [0.05, 0.1) is 0 Å². The van der Waals surface area contributed by atoms with Crippen LogP contribution in [0.5, 0.6) is 11.5 Å². The minimum Gasteiger partial charge on any atom is -0.490 e. The van der Waals surface area contributed by atoms with Crippen LogP contribution in [0.4, 0.5) is 0 Å². The highest BCUT2D eigenvalue weighted by Gasteiger charge is 2.12. The lowest BCUT2D eigenvalue weighted by Gasteiger charge is -2.07. The summed E-state index contributed by atoms with van der Waals surface area (Å²) in [6, 6.07) is 17.7. The molecule has 0 unspecified atom stereocenters. The number of carbonyl (C=O) groups is 2. The van der Waals surface area contributed by atoms with E-state index in [0.29, 0.717) is 11.5 Å². The first-order valence-electron chi connectivity index (χ1n) is 6.83. The van der Waals surface area contributed by atoms with Gasteiger partial charge in [0.2, 0.25) is 0 Å². The van der Waals surface area contributed by atoms with Crippen LogP contribution in [-0.2, 0) is 14.3 Å². The monoisotopic (exact) mass is 300 g/mol. The normalized spacial score (nSPS) is 9.82. The van der Waals surface area contributed by atoms with Crippen molar-refractivity contribution >= 4 is 11.9 Å². The van der Waals surface area contributed by atoms with E-state index in [-0.39, 0.29) is 13.2 Å². The highest BCUT2D eigenvalue weighted by molar-refractivity contribution is 5.92. The van der Waals surface area contributed by atoms with Gasteiger partial charge in [0.15, 0.2) is 0 Å². The fraction of sp³-hybridized carbons (Fsp3) is 0.176. The van der Waals surface area contributed by atoms with Gasteiger partial charge in [-0.05, 0) is 24.3 Å². The third kappa shape index (κ3) is 5.66. The van der Waals surface area contributed by atoms with E-state index < -0.39 is 18.4 Å². The average molecular weight is 300 g/mol. The molecule has 5 heteroatoms. The van der Waals surface area contributed by atoms with E-state index in [0.717, 1.165) is 0 Å². The van der Waals surface area contributed by atoms with Crippen molar-refractivity contribution in [3.63, 3.8) is 0 Å². The van der Waals surface area contributed by atoms with Gasteiger partial charge in [0, 0.05) is 0 Å². The van der Waals surface area contributed by atoms with Gasteiger partial charge in [0.1, 0.15) is 31.1 Å². The van der Waals surface area contributed by atoms with Crippen molar-refractivity contribution in [1.82, 2.24) is 0 Å². The summed E-state index contributed by atoms with van der Waals surface area (Å²) < 4.78 is 15.3. The summed E-state index contributed by atoms with van der Waals surface area (Å²) in [6.45, 7) is 0.301. The van der Waals surface area contributed by atoms with Crippen molar-refractivity contribution in [3.05, 3.63) is 60.7 Å². The Balaban J connectivity index is 1.62. The molecule has 0 amide bonds. The summed E-state index contributed by atoms with van der Waals surface area (Å²) in [6.07, 6.45) is -0.430. The van der Waals surface area contributed by atoms with Crippen LogP contribution in [0.25, 0.3) is 0 Å². The highest BCUT2D eigenvalue weighted by atomic mass is 16.6. The lowest BCUT2D eigenvalue weighted by Crippen LogP contribution is -2.18. The first-order chi connectivity index (χ1) is 10.7. The predicted octanol–water partition coefficient (Wildman–Crippen LogP) is 2.60. The van der Waals surface area contributed by atoms with Crippen molar-refractivity contribution in [2.24, 2.45) is 0 Å². The summed E-state index contributed by atoms with van der Waals surface area (Å²) >= 11 is 0. The molecule has 0 heterocycles. The molecular weight excluding hydrogens is 284 g/mol. The van der Waals surface area contributed by atoms with Crippen molar-refractivity contribution in [3.8, 4) is 11.5 Å². The molecule has 0 aliphatic carbocycles. The molecule has 0 saturated heterocycles. The number of esters is 2. The standard InChI is InChI=1S/C17H16O5/c18-16(13-17(19)22-15-9-5-2-6-10-15)21-12-11-20-14-7-3-1-4-8-14/h1-10H,11-13H2. The second-order valence-electron chi connectivity index (χ2n) is 4.35. The van der Waals surface area contributed by atoms with E-state index in [2.05, 4.69) is 0 Å². The Kier molecular flexibility index (Phi) is 5.99. The van der Waals surface area contributed by atoms with Gasteiger partial charge in [-0.15, -0.1) is 0 Å². The molecule has 0 radical (unpaired) electrons. The summed E-state index contributed by atoms with van der Waals surface area (Å²) in [4.78, 5) is 23.0. The fourth-order valence-corrected chi connectivity index (χ4v) is 1.66. The zero-order valence-corrected chi connectivity index (χ0v) is 11.9. The topological polar surface area (TPSA) is 61.8 Å². The Morgan fingerprint density at radius 3 is 1.95 bits per heavy atom. The van der Waals surface area contributed by atoms with E-state index in [1.807, 2.05) is 18.2 Å². The van der Waals surface area contributed by atoms with Gasteiger partial charge in [-0.3, -0.25) is 9.59 Å².